The molecule has 1 atom stereocenters. The van der Waals surface area contributed by atoms with Gasteiger partial charge in [0.1, 0.15) is 0 Å². The first-order valence-electron chi connectivity index (χ1n) is 10.0. The zero-order valence-corrected chi connectivity index (χ0v) is 16.1. The lowest BCUT2D eigenvalue weighted by Gasteiger charge is -2.28. The summed E-state index contributed by atoms with van der Waals surface area (Å²) in [6.07, 6.45) is 3.84. The topological polar surface area (TPSA) is 50.5 Å². The summed E-state index contributed by atoms with van der Waals surface area (Å²) in [5.41, 5.74) is 2.84. The lowest BCUT2D eigenvalue weighted by molar-refractivity contribution is -0.133. The second-order valence-corrected chi connectivity index (χ2v) is 7.43. The van der Waals surface area contributed by atoms with Gasteiger partial charge in [-0.15, -0.1) is 10.2 Å². The third-order valence-electron chi connectivity index (χ3n) is 5.69. The van der Waals surface area contributed by atoms with Gasteiger partial charge in [0.2, 0.25) is 5.91 Å². The Balaban J connectivity index is 1.54. The van der Waals surface area contributed by atoms with E-state index in [-0.39, 0.29) is 17.9 Å². The normalized spacial score (nSPS) is 16.6. The van der Waals surface area contributed by atoms with Crippen molar-refractivity contribution in [1.82, 2.24) is 19.5 Å². The molecule has 0 saturated carbocycles. The molecule has 1 unspecified atom stereocenters. The predicted octanol–water partition coefficient (Wildman–Crippen LogP) is 4.22. The van der Waals surface area contributed by atoms with Crippen LogP contribution in [0, 0.1) is 0 Å². The number of pyridine rings is 1. The number of nitrogens with zero attached hydrogens (tertiary/aromatic N) is 4. The van der Waals surface area contributed by atoms with Crippen LogP contribution in [0.5, 0.6) is 0 Å². The van der Waals surface area contributed by atoms with Crippen LogP contribution < -0.4 is 0 Å². The molecule has 0 spiro atoms. The van der Waals surface area contributed by atoms with E-state index >= 15 is 0 Å². The highest BCUT2D eigenvalue weighted by molar-refractivity contribution is 5.87. The number of hydrogen-bond acceptors (Lipinski definition) is 3. The highest BCUT2D eigenvalue weighted by atomic mass is 16.2. The molecule has 144 valence electrons. The largest absolute Gasteiger partial charge is 0.332 e. The molecule has 1 aliphatic heterocycles. The quantitative estimate of drug-likeness (QED) is 0.531. The molecule has 5 rings (SSSR count). The fraction of sp³-hybridized carbons (Fsp3) is 0.208. The number of aromatic nitrogens is 3. The molecule has 1 amide bonds. The molecule has 0 aliphatic carbocycles. The fourth-order valence-corrected chi connectivity index (χ4v) is 4.32. The Morgan fingerprint density at radius 2 is 1.52 bits per heavy atom. The summed E-state index contributed by atoms with van der Waals surface area (Å²) in [7, 11) is 0. The van der Waals surface area contributed by atoms with Gasteiger partial charge in [-0.25, -0.2) is 0 Å². The highest BCUT2D eigenvalue weighted by Gasteiger charge is 2.37. The Hall–Kier alpha value is -3.47. The van der Waals surface area contributed by atoms with Crippen molar-refractivity contribution in [2.24, 2.45) is 0 Å². The minimum Gasteiger partial charge on any atom is -0.332 e. The SMILES string of the molecule is O=C(C(c1ccccc1)c1ccccc1)N1CCCC1c1nnc2ccccn12. The smallest absolute Gasteiger partial charge is 0.235 e. The summed E-state index contributed by atoms with van der Waals surface area (Å²) in [4.78, 5) is 15.9. The van der Waals surface area contributed by atoms with Crippen molar-refractivity contribution in [3.8, 4) is 0 Å². The molecule has 3 heterocycles. The zero-order chi connectivity index (χ0) is 19.6. The van der Waals surface area contributed by atoms with Crippen molar-refractivity contribution in [2.45, 2.75) is 24.8 Å². The molecule has 4 aromatic rings. The van der Waals surface area contributed by atoms with E-state index in [4.69, 9.17) is 0 Å². The summed E-state index contributed by atoms with van der Waals surface area (Å²) in [5, 5.41) is 8.73. The van der Waals surface area contributed by atoms with Crippen LogP contribution in [0.2, 0.25) is 0 Å². The maximum atomic E-state index is 13.9. The van der Waals surface area contributed by atoms with Gasteiger partial charge in [-0.3, -0.25) is 9.20 Å². The lowest BCUT2D eigenvalue weighted by Crippen LogP contribution is -2.36. The summed E-state index contributed by atoms with van der Waals surface area (Å²) in [6.45, 7) is 0.738. The number of hydrogen-bond donors (Lipinski definition) is 0. The number of fused-ring (bicyclic) bond motifs is 1. The number of amides is 1. The van der Waals surface area contributed by atoms with Gasteiger partial charge in [-0.1, -0.05) is 66.7 Å². The van der Waals surface area contributed by atoms with E-state index in [1.54, 1.807) is 0 Å². The maximum absolute atomic E-state index is 13.9. The van der Waals surface area contributed by atoms with Crippen LogP contribution in [0.15, 0.2) is 85.1 Å². The van der Waals surface area contributed by atoms with Gasteiger partial charge in [0.05, 0.1) is 12.0 Å². The monoisotopic (exact) mass is 382 g/mol. The molecule has 5 heteroatoms. The molecular formula is C24H22N4O. The van der Waals surface area contributed by atoms with E-state index in [9.17, 15) is 4.79 Å². The second-order valence-electron chi connectivity index (χ2n) is 7.43. The van der Waals surface area contributed by atoms with Gasteiger partial charge in [-0.05, 0) is 36.1 Å². The average molecular weight is 382 g/mol. The van der Waals surface area contributed by atoms with Gasteiger partial charge < -0.3 is 4.90 Å². The van der Waals surface area contributed by atoms with Crippen LogP contribution in [-0.4, -0.2) is 31.9 Å². The molecule has 0 N–H and O–H groups in total. The minimum atomic E-state index is -0.322. The molecule has 5 nitrogen and oxygen atoms in total. The Bertz CT molecular complexity index is 1080. The maximum Gasteiger partial charge on any atom is 0.235 e. The van der Waals surface area contributed by atoms with Crippen molar-refractivity contribution in [1.29, 1.82) is 0 Å². The van der Waals surface area contributed by atoms with Crippen LogP contribution >= 0.6 is 0 Å². The summed E-state index contributed by atoms with van der Waals surface area (Å²) in [5.74, 6) is 0.640. The number of benzene rings is 2. The molecule has 0 radical (unpaired) electrons. The highest BCUT2D eigenvalue weighted by Crippen LogP contribution is 2.36. The molecular weight excluding hydrogens is 360 g/mol. The molecule has 2 aromatic carbocycles. The standard InChI is InChI=1S/C24H22N4O/c29-24(22(18-10-3-1-4-11-18)19-12-5-2-6-13-19)27-17-9-14-20(27)23-26-25-21-15-7-8-16-28(21)23/h1-8,10-13,15-16,20,22H,9,14,17H2. The van der Waals surface area contributed by atoms with Crippen molar-refractivity contribution >= 4 is 11.6 Å². The van der Waals surface area contributed by atoms with Crippen LogP contribution in [-0.2, 0) is 4.79 Å². The van der Waals surface area contributed by atoms with Crippen LogP contribution in [0.1, 0.15) is 41.8 Å². The van der Waals surface area contributed by atoms with Crippen LogP contribution in [0.25, 0.3) is 5.65 Å². The Labute approximate surface area is 169 Å². The van der Waals surface area contributed by atoms with Crippen molar-refractivity contribution < 1.29 is 4.79 Å². The van der Waals surface area contributed by atoms with E-state index in [0.717, 1.165) is 42.0 Å². The number of likely N-dealkylation sites (tertiary alicyclic amines) is 1. The number of carbonyl (C=O) groups is 1. The predicted molar refractivity (Wildman–Crippen MR) is 111 cm³/mol. The third kappa shape index (κ3) is 3.18. The van der Waals surface area contributed by atoms with Gasteiger partial charge in [-0.2, -0.15) is 0 Å². The Kier molecular flexibility index (Phi) is 4.56. The molecule has 1 saturated heterocycles. The third-order valence-corrected chi connectivity index (χ3v) is 5.69. The summed E-state index contributed by atoms with van der Waals surface area (Å²) in [6, 6.07) is 25.9. The van der Waals surface area contributed by atoms with E-state index in [2.05, 4.69) is 10.2 Å². The first-order chi connectivity index (χ1) is 14.3. The minimum absolute atomic E-state index is 0.0603. The van der Waals surface area contributed by atoms with Gasteiger partial charge in [0.25, 0.3) is 0 Å². The van der Waals surface area contributed by atoms with Gasteiger partial charge in [0, 0.05) is 12.7 Å². The van der Waals surface area contributed by atoms with Gasteiger partial charge >= 0.3 is 0 Å². The number of rotatable bonds is 4. The second kappa shape index (κ2) is 7.51. The zero-order valence-electron chi connectivity index (χ0n) is 16.1. The molecule has 2 aromatic heterocycles. The van der Waals surface area contributed by atoms with Crippen LogP contribution in [0.4, 0.5) is 0 Å². The van der Waals surface area contributed by atoms with Crippen LogP contribution in [0.3, 0.4) is 0 Å². The van der Waals surface area contributed by atoms with E-state index in [1.807, 2.05) is 94.4 Å². The fourth-order valence-electron chi connectivity index (χ4n) is 4.32. The lowest BCUT2D eigenvalue weighted by atomic mass is 9.90. The van der Waals surface area contributed by atoms with E-state index < -0.39 is 0 Å². The summed E-state index contributed by atoms with van der Waals surface area (Å²) < 4.78 is 2.00. The van der Waals surface area contributed by atoms with Crippen molar-refractivity contribution in [3.63, 3.8) is 0 Å². The van der Waals surface area contributed by atoms with Crippen molar-refractivity contribution in [2.75, 3.05) is 6.54 Å². The van der Waals surface area contributed by atoms with E-state index in [0.29, 0.717) is 0 Å². The molecule has 1 fully saturated rings. The first-order valence-corrected chi connectivity index (χ1v) is 10.0. The van der Waals surface area contributed by atoms with Gasteiger partial charge in [0.15, 0.2) is 11.5 Å². The average Bonchev–Trinajstić information content (AvgIpc) is 3.42. The Morgan fingerprint density at radius 1 is 0.862 bits per heavy atom. The molecule has 29 heavy (non-hydrogen) atoms. The number of carbonyl (C=O) groups excluding carboxylic acids is 1. The van der Waals surface area contributed by atoms with E-state index in [1.165, 1.54) is 0 Å². The molecule has 1 aliphatic rings. The van der Waals surface area contributed by atoms with Crippen molar-refractivity contribution in [3.05, 3.63) is 102 Å². The molecule has 0 bridgehead atoms. The summed E-state index contributed by atoms with van der Waals surface area (Å²) >= 11 is 0. The Morgan fingerprint density at radius 3 is 2.21 bits per heavy atom. The first kappa shape index (κ1) is 17.6.